The first kappa shape index (κ1) is 12.4. The second-order valence-electron chi connectivity index (χ2n) is 2.92. The highest BCUT2D eigenvalue weighted by Crippen LogP contribution is 2.45. The molecule has 0 unspecified atom stereocenters. The molecular formula is C10H3Br2Cl2FO. The molecule has 6 heteroatoms. The first-order valence-corrected chi connectivity index (χ1v) is 6.43. The van der Waals surface area contributed by atoms with Crippen LogP contribution in [0.15, 0.2) is 31.8 Å². The topological polar surface area (TPSA) is 13.1 Å². The van der Waals surface area contributed by atoms with Gasteiger partial charge in [-0.25, -0.2) is 4.39 Å². The molecule has 0 atom stereocenters. The number of hydrogen-bond acceptors (Lipinski definition) is 1. The summed E-state index contributed by atoms with van der Waals surface area (Å²) >= 11 is 18.0. The zero-order chi connectivity index (χ0) is 11.9. The van der Waals surface area contributed by atoms with Gasteiger partial charge in [-0.05, 0) is 44.0 Å². The summed E-state index contributed by atoms with van der Waals surface area (Å²) in [7, 11) is 0. The van der Waals surface area contributed by atoms with E-state index < -0.39 is 5.82 Å². The van der Waals surface area contributed by atoms with E-state index in [4.69, 9.17) is 27.6 Å². The summed E-state index contributed by atoms with van der Waals surface area (Å²) in [5.74, 6) is -0.125. The lowest BCUT2D eigenvalue weighted by atomic mass is 10.1. The third kappa shape index (κ3) is 1.92. The SMILES string of the molecule is Fc1c(Cl)c(Br)c(-c2ccco2)c(Br)c1Cl. The molecule has 1 nitrogen and oxygen atoms in total. The Hall–Kier alpha value is -0.0300. The Bertz CT molecular complexity index is 511. The number of hydrogen-bond donors (Lipinski definition) is 0. The van der Waals surface area contributed by atoms with Crippen molar-refractivity contribution in [1.82, 2.24) is 0 Å². The largest absolute Gasteiger partial charge is 0.464 e. The normalized spacial score (nSPS) is 10.8. The number of furan rings is 1. The molecule has 1 aromatic heterocycles. The Balaban J connectivity index is 2.81. The Morgan fingerprint density at radius 1 is 1.12 bits per heavy atom. The average Bonchev–Trinajstić information content (AvgIpc) is 2.77. The van der Waals surface area contributed by atoms with Gasteiger partial charge in [0.25, 0.3) is 0 Å². The van der Waals surface area contributed by atoms with E-state index >= 15 is 0 Å². The third-order valence-electron chi connectivity index (χ3n) is 1.98. The van der Waals surface area contributed by atoms with Crippen LogP contribution < -0.4 is 0 Å². The molecular weight excluding hydrogens is 386 g/mol. The Kier molecular flexibility index (Phi) is 3.64. The maximum atomic E-state index is 13.5. The van der Waals surface area contributed by atoms with E-state index in [0.717, 1.165) is 0 Å². The summed E-state index contributed by atoms with van der Waals surface area (Å²) in [6.07, 6.45) is 1.51. The smallest absolute Gasteiger partial charge is 0.162 e. The van der Waals surface area contributed by atoms with Crippen molar-refractivity contribution in [1.29, 1.82) is 0 Å². The van der Waals surface area contributed by atoms with Gasteiger partial charge >= 0.3 is 0 Å². The molecule has 1 aromatic carbocycles. The maximum Gasteiger partial charge on any atom is 0.162 e. The Labute approximate surface area is 118 Å². The zero-order valence-corrected chi connectivity index (χ0v) is 12.2. The number of benzene rings is 1. The second kappa shape index (κ2) is 4.69. The van der Waals surface area contributed by atoms with Crippen LogP contribution in [0.1, 0.15) is 0 Å². The zero-order valence-electron chi connectivity index (χ0n) is 7.53. The first-order valence-electron chi connectivity index (χ1n) is 4.09. The van der Waals surface area contributed by atoms with E-state index in [9.17, 15) is 4.39 Å². The predicted molar refractivity (Wildman–Crippen MR) is 69.5 cm³/mol. The molecule has 0 spiro atoms. The summed E-state index contributed by atoms with van der Waals surface area (Å²) in [5.41, 5.74) is 0.585. The molecule has 0 fully saturated rings. The van der Waals surface area contributed by atoms with Gasteiger partial charge in [-0.1, -0.05) is 23.2 Å². The summed E-state index contributed by atoms with van der Waals surface area (Å²) < 4.78 is 19.6. The van der Waals surface area contributed by atoms with Crippen LogP contribution in [0.25, 0.3) is 11.3 Å². The molecule has 1 heterocycles. The molecule has 0 saturated carbocycles. The highest BCUT2D eigenvalue weighted by atomic mass is 79.9. The van der Waals surface area contributed by atoms with Crippen molar-refractivity contribution in [3.8, 4) is 11.3 Å². The molecule has 0 saturated heterocycles. The molecule has 0 aliphatic heterocycles. The predicted octanol–water partition coefficient (Wildman–Crippen LogP) is 5.92. The van der Waals surface area contributed by atoms with Gasteiger partial charge in [-0.2, -0.15) is 0 Å². The van der Waals surface area contributed by atoms with E-state index in [0.29, 0.717) is 20.3 Å². The molecule has 0 amide bonds. The Morgan fingerprint density at radius 2 is 1.69 bits per heavy atom. The summed E-state index contributed by atoms with van der Waals surface area (Å²) in [6.45, 7) is 0. The number of halogens is 5. The van der Waals surface area contributed by atoms with E-state index in [1.54, 1.807) is 12.1 Å². The molecule has 16 heavy (non-hydrogen) atoms. The van der Waals surface area contributed by atoms with Crippen molar-refractivity contribution in [3.05, 3.63) is 43.2 Å². The first-order chi connectivity index (χ1) is 7.54. The van der Waals surface area contributed by atoms with Crippen LogP contribution in [0.4, 0.5) is 4.39 Å². The standard InChI is InChI=1S/C10H3Br2Cl2FO/c11-6-5(4-2-1-3-16-4)7(12)9(14)10(15)8(6)13/h1-3H. The van der Waals surface area contributed by atoms with Crippen molar-refractivity contribution in [2.75, 3.05) is 0 Å². The fourth-order valence-electron chi connectivity index (χ4n) is 1.24. The van der Waals surface area contributed by atoms with Crippen molar-refractivity contribution < 1.29 is 8.81 Å². The second-order valence-corrected chi connectivity index (χ2v) is 5.26. The van der Waals surface area contributed by atoms with Gasteiger partial charge < -0.3 is 4.42 Å². The van der Waals surface area contributed by atoms with Gasteiger partial charge in [0.1, 0.15) is 5.76 Å². The minimum absolute atomic E-state index is 0.0698. The lowest BCUT2D eigenvalue weighted by Gasteiger charge is -2.09. The lowest BCUT2D eigenvalue weighted by Crippen LogP contribution is -1.89. The fraction of sp³-hybridized carbons (Fsp3) is 0. The lowest BCUT2D eigenvalue weighted by molar-refractivity contribution is 0.581. The van der Waals surface area contributed by atoms with Gasteiger partial charge in [0.15, 0.2) is 5.82 Å². The average molecular weight is 389 g/mol. The van der Waals surface area contributed by atoms with Crippen LogP contribution in [0.2, 0.25) is 10.0 Å². The molecule has 0 N–H and O–H groups in total. The van der Waals surface area contributed by atoms with E-state index in [1.807, 2.05) is 0 Å². The van der Waals surface area contributed by atoms with Crippen molar-refractivity contribution in [2.45, 2.75) is 0 Å². The van der Waals surface area contributed by atoms with Crippen molar-refractivity contribution in [3.63, 3.8) is 0 Å². The van der Waals surface area contributed by atoms with Crippen LogP contribution in [0, 0.1) is 5.82 Å². The summed E-state index contributed by atoms with van der Waals surface area (Å²) in [4.78, 5) is 0. The van der Waals surface area contributed by atoms with Crippen LogP contribution in [0.5, 0.6) is 0 Å². The van der Waals surface area contributed by atoms with E-state index in [2.05, 4.69) is 31.9 Å². The molecule has 2 aromatic rings. The molecule has 2 rings (SSSR count). The molecule has 84 valence electrons. The number of rotatable bonds is 1. The van der Waals surface area contributed by atoms with Gasteiger partial charge in [0.05, 0.1) is 25.3 Å². The van der Waals surface area contributed by atoms with Crippen LogP contribution in [-0.4, -0.2) is 0 Å². The molecule has 0 aliphatic carbocycles. The van der Waals surface area contributed by atoms with Crippen LogP contribution in [0.3, 0.4) is 0 Å². The maximum absolute atomic E-state index is 13.5. The van der Waals surface area contributed by atoms with Gasteiger partial charge in [-0.15, -0.1) is 0 Å². The van der Waals surface area contributed by atoms with E-state index in [-0.39, 0.29) is 10.0 Å². The fourth-order valence-corrected chi connectivity index (χ4v) is 3.07. The highest BCUT2D eigenvalue weighted by Gasteiger charge is 2.21. The van der Waals surface area contributed by atoms with Gasteiger partial charge in [0.2, 0.25) is 0 Å². The van der Waals surface area contributed by atoms with Crippen LogP contribution >= 0.6 is 55.1 Å². The molecule has 0 radical (unpaired) electrons. The quantitative estimate of drug-likeness (QED) is 0.436. The Morgan fingerprint density at radius 3 is 2.12 bits per heavy atom. The minimum Gasteiger partial charge on any atom is -0.464 e. The molecule has 0 aliphatic rings. The molecule has 0 bridgehead atoms. The van der Waals surface area contributed by atoms with E-state index in [1.165, 1.54) is 6.26 Å². The van der Waals surface area contributed by atoms with Gasteiger partial charge in [0, 0.05) is 5.56 Å². The monoisotopic (exact) mass is 386 g/mol. The van der Waals surface area contributed by atoms with Gasteiger partial charge in [-0.3, -0.25) is 0 Å². The highest BCUT2D eigenvalue weighted by molar-refractivity contribution is 9.11. The minimum atomic E-state index is -0.669. The van der Waals surface area contributed by atoms with Crippen molar-refractivity contribution in [2.24, 2.45) is 0 Å². The third-order valence-corrected chi connectivity index (χ3v) is 4.73. The summed E-state index contributed by atoms with van der Waals surface area (Å²) in [5, 5.41) is -0.140. The van der Waals surface area contributed by atoms with Crippen LogP contribution in [-0.2, 0) is 0 Å². The van der Waals surface area contributed by atoms with Crippen molar-refractivity contribution >= 4 is 55.1 Å². The summed E-state index contributed by atoms with van der Waals surface area (Å²) in [6, 6.07) is 3.45.